The van der Waals surface area contributed by atoms with Gasteiger partial charge in [0, 0.05) is 24.6 Å². The van der Waals surface area contributed by atoms with Crippen molar-refractivity contribution >= 4 is 16.9 Å². The zero-order valence-corrected chi connectivity index (χ0v) is 12.3. The number of rotatable bonds is 3. The fourth-order valence-electron chi connectivity index (χ4n) is 2.36. The molecule has 2 aromatic rings. The SMILES string of the molecule is CC(C)NC(=O)Cn1cnc2cc3c(cc21)OCCCO3. The molecule has 0 saturated heterocycles. The van der Waals surface area contributed by atoms with Crippen LogP contribution in [0.15, 0.2) is 18.5 Å². The van der Waals surface area contributed by atoms with Crippen LogP contribution in [0, 0.1) is 0 Å². The number of imidazole rings is 1. The van der Waals surface area contributed by atoms with Gasteiger partial charge in [0.25, 0.3) is 0 Å². The first-order valence-corrected chi connectivity index (χ1v) is 7.17. The van der Waals surface area contributed by atoms with Crippen LogP contribution >= 0.6 is 0 Å². The third-order valence-corrected chi connectivity index (χ3v) is 3.25. The van der Waals surface area contributed by atoms with Crippen molar-refractivity contribution < 1.29 is 14.3 Å². The molecule has 6 heteroatoms. The van der Waals surface area contributed by atoms with Crippen molar-refractivity contribution in [2.75, 3.05) is 13.2 Å². The second-order valence-corrected chi connectivity index (χ2v) is 5.43. The summed E-state index contributed by atoms with van der Waals surface area (Å²) in [5.41, 5.74) is 1.68. The molecule has 1 amide bonds. The van der Waals surface area contributed by atoms with E-state index in [2.05, 4.69) is 10.3 Å². The molecule has 1 aromatic heterocycles. The van der Waals surface area contributed by atoms with Crippen molar-refractivity contribution in [3.8, 4) is 11.5 Å². The lowest BCUT2D eigenvalue weighted by atomic mass is 10.2. The van der Waals surface area contributed by atoms with Gasteiger partial charge in [0.05, 0.1) is 30.6 Å². The summed E-state index contributed by atoms with van der Waals surface area (Å²) >= 11 is 0. The van der Waals surface area contributed by atoms with Crippen molar-refractivity contribution in [3.05, 3.63) is 18.5 Å². The lowest BCUT2D eigenvalue weighted by Gasteiger charge is -2.10. The molecule has 2 heterocycles. The zero-order valence-electron chi connectivity index (χ0n) is 12.3. The molecule has 0 unspecified atom stereocenters. The summed E-state index contributed by atoms with van der Waals surface area (Å²) in [5, 5.41) is 2.87. The lowest BCUT2D eigenvalue weighted by Crippen LogP contribution is -2.32. The summed E-state index contributed by atoms with van der Waals surface area (Å²) in [4.78, 5) is 16.2. The van der Waals surface area contributed by atoms with E-state index in [0.717, 1.165) is 23.2 Å². The Morgan fingerprint density at radius 2 is 2.05 bits per heavy atom. The predicted molar refractivity (Wildman–Crippen MR) is 78.6 cm³/mol. The largest absolute Gasteiger partial charge is 0.489 e. The number of nitrogens with one attached hydrogen (secondary N) is 1. The molecule has 1 aliphatic rings. The van der Waals surface area contributed by atoms with Gasteiger partial charge in [-0.25, -0.2) is 4.98 Å². The Kier molecular flexibility index (Phi) is 3.68. The normalized spacial score (nSPS) is 14.2. The van der Waals surface area contributed by atoms with Crippen molar-refractivity contribution in [3.63, 3.8) is 0 Å². The van der Waals surface area contributed by atoms with Gasteiger partial charge in [-0.15, -0.1) is 0 Å². The number of nitrogens with zero attached hydrogens (tertiary/aromatic N) is 2. The van der Waals surface area contributed by atoms with Crippen LogP contribution in [-0.2, 0) is 11.3 Å². The van der Waals surface area contributed by atoms with Gasteiger partial charge in [-0.2, -0.15) is 0 Å². The molecular weight excluding hydrogens is 270 g/mol. The Bertz CT molecular complexity index is 663. The van der Waals surface area contributed by atoms with E-state index in [0.29, 0.717) is 19.0 Å². The number of carbonyl (C=O) groups is 1. The third kappa shape index (κ3) is 2.94. The molecule has 112 valence electrons. The smallest absolute Gasteiger partial charge is 0.240 e. The second kappa shape index (κ2) is 5.63. The van der Waals surface area contributed by atoms with Gasteiger partial charge in [0.1, 0.15) is 6.54 Å². The molecule has 0 saturated carbocycles. The first-order valence-electron chi connectivity index (χ1n) is 7.17. The summed E-state index contributed by atoms with van der Waals surface area (Å²) in [6.45, 7) is 5.41. The van der Waals surface area contributed by atoms with E-state index in [1.54, 1.807) is 6.33 Å². The maximum Gasteiger partial charge on any atom is 0.240 e. The van der Waals surface area contributed by atoms with E-state index < -0.39 is 0 Å². The van der Waals surface area contributed by atoms with Crippen molar-refractivity contribution in [1.82, 2.24) is 14.9 Å². The maximum absolute atomic E-state index is 11.9. The van der Waals surface area contributed by atoms with Gasteiger partial charge < -0.3 is 19.4 Å². The van der Waals surface area contributed by atoms with Crippen LogP contribution in [0.4, 0.5) is 0 Å². The van der Waals surface area contributed by atoms with Gasteiger partial charge in [0.2, 0.25) is 5.91 Å². The second-order valence-electron chi connectivity index (χ2n) is 5.43. The van der Waals surface area contributed by atoms with Crippen LogP contribution in [0.2, 0.25) is 0 Å². The highest BCUT2D eigenvalue weighted by atomic mass is 16.5. The van der Waals surface area contributed by atoms with Gasteiger partial charge in [-0.1, -0.05) is 0 Å². The van der Waals surface area contributed by atoms with E-state index in [1.165, 1.54) is 0 Å². The van der Waals surface area contributed by atoms with Crippen LogP contribution in [-0.4, -0.2) is 34.7 Å². The van der Waals surface area contributed by atoms with Crippen molar-refractivity contribution in [2.45, 2.75) is 32.9 Å². The first kappa shape index (κ1) is 13.7. The Balaban J connectivity index is 1.90. The molecule has 0 aliphatic carbocycles. The number of hydrogen-bond donors (Lipinski definition) is 1. The minimum absolute atomic E-state index is 0.0311. The van der Waals surface area contributed by atoms with Gasteiger partial charge in [-0.05, 0) is 13.8 Å². The summed E-state index contributed by atoms with van der Waals surface area (Å²) < 4.78 is 13.2. The van der Waals surface area contributed by atoms with Crippen molar-refractivity contribution in [1.29, 1.82) is 0 Å². The summed E-state index contributed by atoms with van der Waals surface area (Å²) in [6.07, 6.45) is 2.53. The minimum Gasteiger partial charge on any atom is -0.489 e. The monoisotopic (exact) mass is 289 g/mol. The van der Waals surface area contributed by atoms with E-state index in [4.69, 9.17) is 9.47 Å². The highest BCUT2D eigenvalue weighted by molar-refractivity contribution is 5.83. The lowest BCUT2D eigenvalue weighted by molar-refractivity contribution is -0.122. The minimum atomic E-state index is -0.0311. The molecule has 0 radical (unpaired) electrons. The predicted octanol–water partition coefficient (Wildman–Crippen LogP) is 1.72. The van der Waals surface area contributed by atoms with Crippen LogP contribution in [0.5, 0.6) is 11.5 Å². The van der Waals surface area contributed by atoms with E-state index >= 15 is 0 Å². The fraction of sp³-hybridized carbons (Fsp3) is 0.467. The number of fused-ring (bicyclic) bond motifs is 2. The molecule has 6 nitrogen and oxygen atoms in total. The van der Waals surface area contributed by atoms with Crippen molar-refractivity contribution in [2.24, 2.45) is 0 Å². The Labute approximate surface area is 123 Å². The molecule has 1 aliphatic heterocycles. The molecule has 1 N–H and O–H groups in total. The quantitative estimate of drug-likeness (QED) is 0.934. The highest BCUT2D eigenvalue weighted by Crippen LogP contribution is 2.33. The van der Waals surface area contributed by atoms with Crippen LogP contribution < -0.4 is 14.8 Å². The van der Waals surface area contributed by atoms with Gasteiger partial charge in [-0.3, -0.25) is 4.79 Å². The van der Waals surface area contributed by atoms with E-state index in [9.17, 15) is 4.79 Å². The number of benzene rings is 1. The molecule has 0 atom stereocenters. The average molecular weight is 289 g/mol. The van der Waals surface area contributed by atoms with Crippen LogP contribution in [0.3, 0.4) is 0 Å². The summed E-state index contributed by atoms with van der Waals surface area (Å²) in [7, 11) is 0. The maximum atomic E-state index is 11.9. The van der Waals surface area contributed by atoms with Crippen LogP contribution in [0.25, 0.3) is 11.0 Å². The molecule has 3 rings (SSSR count). The summed E-state index contributed by atoms with van der Waals surface area (Å²) in [5.74, 6) is 1.40. The Morgan fingerprint density at radius 1 is 1.33 bits per heavy atom. The third-order valence-electron chi connectivity index (χ3n) is 3.25. The topological polar surface area (TPSA) is 65.4 Å². The molecule has 21 heavy (non-hydrogen) atoms. The number of ether oxygens (including phenoxy) is 2. The number of amides is 1. The number of aromatic nitrogens is 2. The molecular formula is C15H19N3O3. The first-order chi connectivity index (χ1) is 10.1. The Hall–Kier alpha value is -2.24. The number of hydrogen-bond acceptors (Lipinski definition) is 4. The average Bonchev–Trinajstić information content (AvgIpc) is 2.66. The highest BCUT2D eigenvalue weighted by Gasteiger charge is 2.15. The Morgan fingerprint density at radius 3 is 2.76 bits per heavy atom. The van der Waals surface area contributed by atoms with Crippen LogP contribution in [0.1, 0.15) is 20.3 Å². The molecule has 1 aromatic carbocycles. The number of carbonyl (C=O) groups excluding carboxylic acids is 1. The summed E-state index contributed by atoms with van der Waals surface area (Å²) in [6, 6.07) is 3.89. The van der Waals surface area contributed by atoms with Gasteiger partial charge in [0.15, 0.2) is 11.5 Å². The van der Waals surface area contributed by atoms with E-state index in [1.807, 2.05) is 30.5 Å². The van der Waals surface area contributed by atoms with E-state index in [-0.39, 0.29) is 18.5 Å². The molecule has 0 bridgehead atoms. The molecule has 0 spiro atoms. The fourth-order valence-corrected chi connectivity index (χ4v) is 2.36. The van der Waals surface area contributed by atoms with Gasteiger partial charge >= 0.3 is 0 Å². The molecule has 0 fully saturated rings. The zero-order chi connectivity index (χ0) is 14.8. The standard InChI is InChI=1S/C15H19N3O3/c1-10(2)17-15(19)8-18-9-16-11-6-13-14(7-12(11)18)21-5-3-4-20-13/h6-7,9-10H,3-5,8H2,1-2H3,(H,17,19).